The third-order valence-corrected chi connectivity index (χ3v) is 0. The molecule has 0 radical (unpaired) electrons. The van der Waals surface area contributed by atoms with Crippen LogP contribution in [0.25, 0.3) is 0 Å². The Morgan fingerprint density at radius 1 is 0.833 bits per heavy atom. The maximum atomic E-state index is 4.97. The van der Waals surface area contributed by atoms with E-state index in [1.54, 1.807) is 0 Å². The van der Waals surface area contributed by atoms with Crippen LogP contribution in [0.3, 0.4) is 0 Å². The van der Waals surface area contributed by atoms with E-state index in [1.165, 1.54) is 0 Å². The molecule has 6 heteroatoms. The van der Waals surface area contributed by atoms with Gasteiger partial charge in [0.05, 0.1) is 0 Å². The molecule has 0 aromatic heterocycles. The molecule has 0 rings (SSSR count). The summed E-state index contributed by atoms with van der Waals surface area (Å²) < 4.78 is 0. The van der Waals surface area contributed by atoms with Crippen molar-refractivity contribution in [2.45, 2.75) is 0 Å². The Morgan fingerprint density at radius 3 is 0.833 bits per heavy atom. The molecule has 0 fully saturated rings. The molecule has 0 N–H and O–H groups in total. The molecule has 0 heterocycles. The first kappa shape index (κ1) is 11.8. The average molecular weight is 210 g/mol. The summed E-state index contributed by atoms with van der Waals surface area (Å²) in [6.45, 7) is 0. The van der Waals surface area contributed by atoms with Crippen molar-refractivity contribution in [3.05, 3.63) is 0 Å². The number of hydrogen-bond acceptors (Lipinski definition) is 0. The Hall–Kier alpha value is 3.01. The quantitative estimate of drug-likeness (QED) is 0.422. The topological polar surface area (TPSA) is 0 Å². The predicted molar refractivity (Wildman–Crippen MR) is 36.3 cm³/mol. The van der Waals surface area contributed by atoms with Gasteiger partial charge in [-0.25, -0.2) is 0 Å². The van der Waals surface area contributed by atoms with Gasteiger partial charge in [0, 0.05) is 0 Å². The Kier molecular flexibility index (Phi) is 9.51. The molecule has 0 bridgehead atoms. The van der Waals surface area contributed by atoms with E-state index in [0.29, 0.717) is 0 Å². The molecule has 0 aliphatic rings. The van der Waals surface area contributed by atoms with Gasteiger partial charge in [-0.15, -0.1) is 44.3 Å². The molecule has 0 saturated carbocycles. The van der Waals surface area contributed by atoms with Crippen LogP contribution in [0.1, 0.15) is 0 Å². The third-order valence-electron chi connectivity index (χ3n) is 0. The van der Waals surface area contributed by atoms with Gasteiger partial charge in [-0.1, -0.05) is 0 Å². The summed E-state index contributed by atoms with van der Waals surface area (Å²) in [7, 11) is 0. The monoisotopic (exact) mass is 208 g/mol. The van der Waals surface area contributed by atoms with E-state index in [9.17, 15) is 0 Å². The van der Waals surface area contributed by atoms with Crippen LogP contribution in [0.5, 0.6) is 0 Å². The zero-order valence-electron chi connectivity index (χ0n) is 2.01. The summed E-state index contributed by atoms with van der Waals surface area (Å²) in [5, 5.41) is -2.72. The molecule has 34 valence electrons. The van der Waals surface area contributed by atoms with Crippen molar-refractivity contribution < 1.29 is 0 Å². The van der Waals surface area contributed by atoms with E-state index >= 15 is 0 Å². The molecule has 0 aliphatic carbocycles. The molecular weight excluding hydrogens is 209 g/mol. The summed E-state index contributed by atoms with van der Waals surface area (Å²) in [5.74, 6) is 0. The first-order valence-electron chi connectivity index (χ1n) is 0.756. The minimum absolute atomic E-state index is 0. The standard InChI is InChI=1S/Cl4Si.K.H/c1-5(2,3)4;;. The van der Waals surface area contributed by atoms with Gasteiger partial charge in [-0.05, 0) is 0 Å². The normalized spacial score (nSPS) is 10.0. The van der Waals surface area contributed by atoms with Gasteiger partial charge in [-0.2, -0.15) is 0 Å². The minimum atomic E-state index is -2.72. The fourth-order valence-electron chi connectivity index (χ4n) is 0. The van der Waals surface area contributed by atoms with Crippen molar-refractivity contribution in [3.8, 4) is 0 Å². The van der Waals surface area contributed by atoms with Gasteiger partial charge in [0.1, 0.15) is 0 Å². The second-order valence-corrected chi connectivity index (χ2v) is 11.6. The summed E-state index contributed by atoms with van der Waals surface area (Å²) in [6, 6.07) is 0. The van der Waals surface area contributed by atoms with E-state index in [1.807, 2.05) is 0 Å². The predicted octanol–water partition coefficient (Wildman–Crippen LogP) is 1.73. The van der Waals surface area contributed by atoms with Gasteiger partial charge in [0.2, 0.25) is 0 Å². The van der Waals surface area contributed by atoms with Crippen LogP contribution >= 0.6 is 44.3 Å². The van der Waals surface area contributed by atoms with Crippen LogP contribution in [-0.4, -0.2) is 56.7 Å². The van der Waals surface area contributed by atoms with Crippen LogP contribution in [-0.2, 0) is 0 Å². The molecule has 0 atom stereocenters. The van der Waals surface area contributed by atoms with Crippen molar-refractivity contribution >= 4 is 101 Å². The average Bonchev–Trinajstić information content (AvgIpc) is 0.722. The zero-order chi connectivity index (χ0) is 4.50. The zero-order valence-corrected chi connectivity index (χ0v) is 6.04. The SMILES string of the molecule is Cl[Si](Cl)(Cl)Cl.[KH]. The second kappa shape index (κ2) is 4.85. The van der Waals surface area contributed by atoms with Gasteiger partial charge in [0.25, 0.3) is 0 Å². The molecule has 0 aromatic rings. The van der Waals surface area contributed by atoms with E-state index in [4.69, 9.17) is 44.3 Å². The maximum absolute atomic E-state index is 4.97. The molecule has 0 saturated heterocycles. The number of hydrogen-bond donors (Lipinski definition) is 0. The Labute approximate surface area is 98.7 Å². The van der Waals surface area contributed by atoms with Gasteiger partial charge in [-0.3, -0.25) is 0 Å². The number of halogens is 4. The van der Waals surface area contributed by atoms with Crippen molar-refractivity contribution in [2.24, 2.45) is 0 Å². The second-order valence-electron chi connectivity index (χ2n) is 0.429. The molecule has 0 unspecified atom stereocenters. The summed E-state index contributed by atoms with van der Waals surface area (Å²) in [4.78, 5) is 0. The van der Waals surface area contributed by atoms with E-state index in [-0.39, 0.29) is 51.4 Å². The fourth-order valence-corrected chi connectivity index (χ4v) is 0. The van der Waals surface area contributed by atoms with E-state index < -0.39 is 5.31 Å². The molecular formula is HCl4KSi. The molecule has 0 amide bonds. The van der Waals surface area contributed by atoms with Crippen molar-refractivity contribution in [2.75, 3.05) is 0 Å². The van der Waals surface area contributed by atoms with Crippen LogP contribution in [0.15, 0.2) is 0 Å². The Bertz CT molecular complexity index is 23.0. The fraction of sp³-hybridized carbons (Fsp3) is 0. The van der Waals surface area contributed by atoms with Crippen molar-refractivity contribution in [1.82, 2.24) is 0 Å². The summed E-state index contributed by atoms with van der Waals surface area (Å²) >= 11 is 19.9. The first-order valence-corrected chi connectivity index (χ1v) is 6.80. The van der Waals surface area contributed by atoms with Crippen LogP contribution in [0.4, 0.5) is 0 Å². The number of rotatable bonds is 0. The molecule has 0 nitrogen and oxygen atoms in total. The summed E-state index contributed by atoms with van der Waals surface area (Å²) in [6.07, 6.45) is 0. The Morgan fingerprint density at radius 2 is 0.833 bits per heavy atom. The molecule has 0 aliphatic heterocycles. The van der Waals surface area contributed by atoms with Crippen LogP contribution in [0.2, 0.25) is 0 Å². The molecule has 6 heavy (non-hydrogen) atoms. The van der Waals surface area contributed by atoms with Crippen molar-refractivity contribution in [1.29, 1.82) is 0 Å². The van der Waals surface area contributed by atoms with Crippen molar-refractivity contribution in [3.63, 3.8) is 0 Å². The third kappa shape index (κ3) is 27.9. The van der Waals surface area contributed by atoms with Gasteiger partial charge < -0.3 is 0 Å². The first-order chi connectivity index (χ1) is 2.00. The van der Waals surface area contributed by atoms with Gasteiger partial charge >= 0.3 is 56.7 Å². The molecule has 0 spiro atoms. The Balaban J connectivity index is 0. The van der Waals surface area contributed by atoms with E-state index in [0.717, 1.165) is 0 Å². The summed E-state index contributed by atoms with van der Waals surface area (Å²) in [5.41, 5.74) is 0. The van der Waals surface area contributed by atoms with Crippen LogP contribution in [0, 0.1) is 0 Å². The van der Waals surface area contributed by atoms with Gasteiger partial charge in [0.15, 0.2) is 0 Å². The van der Waals surface area contributed by atoms with E-state index in [2.05, 4.69) is 0 Å². The van der Waals surface area contributed by atoms with Crippen LogP contribution < -0.4 is 0 Å². The molecule has 0 aromatic carbocycles.